The number of aromatic nitrogens is 1. The summed E-state index contributed by atoms with van der Waals surface area (Å²) in [5.41, 5.74) is 5.11. The number of nitrogens with zero attached hydrogens (tertiary/aromatic N) is 1. The maximum atomic E-state index is 4.81. The van der Waals surface area contributed by atoms with Crippen molar-refractivity contribution in [3.05, 3.63) is 34.9 Å². The number of benzene rings is 1. The van der Waals surface area contributed by atoms with Gasteiger partial charge in [0.05, 0.1) is 5.52 Å². The molecule has 0 saturated heterocycles. The van der Waals surface area contributed by atoms with Gasteiger partial charge in [0.2, 0.25) is 0 Å². The number of aryl methyl sites for hydroxylation is 3. The fraction of sp³-hybridized carbons (Fsp3) is 0.400. The summed E-state index contributed by atoms with van der Waals surface area (Å²) >= 11 is 0. The van der Waals surface area contributed by atoms with Crippen LogP contribution in [0.4, 0.5) is 5.82 Å². The predicted octanol–water partition coefficient (Wildman–Crippen LogP) is 3.60. The molecule has 0 unspecified atom stereocenters. The second-order valence-corrected chi connectivity index (χ2v) is 5.03. The van der Waals surface area contributed by atoms with E-state index in [0.717, 1.165) is 24.3 Å². The zero-order chi connectivity index (χ0) is 11.8. The van der Waals surface area contributed by atoms with Crippen molar-refractivity contribution in [1.29, 1.82) is 0 Å². The van der Waals surface area contributed by atoms with E-state index < -0.39 is 0 Å². The van der Waals surface area contributed by atoms with Gasteiger partial charge < -0.3 is 5.32 Å². The van der Waals surface area contributed by atoms with Crippen LogP contribution >= 0.6 is 0 Å². The highest BCUT2D eigenvalue weighted by molar-refractivity contribution is 5.85. The van der Waals surface area contributed by atoms with Crippen molar-refractivity contribution in [2.75, 3.05) is 11.9 Å². The number of anilines is 1. The summed E-state index contributed by atoms with van der Waals surface area (Å²) in [5.74, 6) is 1.10. The monoisotopic (exact) mass is 226 g/mol. The summed E-state index contributed by atoms with van der Waals surface area (Å²) in [5, 5.41) is 4.73. The van der Waals surface area contributed by atoms with Gasteiger partial charge in [-0.1, -0.05) is 11.6 Å². The maximum absolute atomic E-state index is 4.81. The lowest BCUT2D eigenvalue weighted by molar-refractivity contribution is 0.786. The molecule has 2 heterocycles. The number of hydrogen-bond acceptors (Lipinski definition) is 2. The summed E-state index contributed by atoms with van der Waals surface area (Å²) < 4.78 is 0. The Balaban J connectivity index is 2.25. The molecule has 1 aliphatic rings. The van der Waals surface area contributed by atoms with E-state index in [4.69, 9.17) is 4.98 Å². The number of pyridine rings is 1. The summed E-state index contributed by atoms with van der Waals surface area (Å²) in [6.07, 6.45) is 3.65. The molecule has 0 amide bonds. The molecular weight excluding hydrogens is 208 g/mol. The summed E-state index contributed by atoms with van der Waals surface area (Å²) in [7, 11) is 0. The Kier molecular flexibility index (Phi) is 2.50. The van der Waals surface area contributed by atoms with Crippen molar-refractivity contribution in [3.63, 3.8) is 0 Å². The molecule has 0 fully saturated rings. The van der Waals surface area contributed by atoms with Crippen molar-refractivity contribution < 1.29 is 0 Å². The van der Waals surface area contributed by atoms with Gasteiger partial charge in [0, 0.05) is 11.9 Å². The van der Waals surface area contributed by atoms with Crippen LogP contribution < -0.4 is 5.32 Å². The summed E-state index contributed by atoms with van der Waals surface area (Å²) in [6, 6.07) is 6.76. The highest BCUT2D eigenvalue weighted by atomic mass is 15.0. The molecule has 3 rings (SSSR count). The first kappa shape index (κ1) is 10.6. The van der Waals surface area contributed by atoms with Crippen LogP contribution in [0, 0.1) is 13.8 Å². The zero-order valence-corrected chi connectivity index (χ0v) is 10.5. The van der Waals surface area contributed by atoms with E-state index in [2.05, 4.69) is 37.4 Å². The number of nitrogens with one attached hydrogen (secondary N) is 1. The molecule has 1 aromatic carbocycles. The van der Waals surface area contributed by atoms with E-state index in [9.17, 15) is 0 Å². The number of rotatable bonds is 0. The predicted molar refractivity (Wildman–Crippen MR) is 72.6 cm³/mol. The van der Waals surface area contributed by atoms with Crippen LogP contribution in [-0.2, 0) is 6.42 Å². The average Bonchev–Trinajstić information content (AvgIpc) is 2.51. The smallest absolute Gasteiger partial charge is 0.129 e. The van der Waals surface area contributed by atoms with E-state index in [1.54, 1.807) is 0 Å². The third kappa shape index (κ3) is 1.88. The van der Waals surface area contributed by atoms with Crippen molar-refractivity contribution in [2.24, 2.45) is 0 Å². The first-order chi connectivity index (χ1) is 8.24. The molecule has 17 heavy (non-hydrogen) atoms. The second kappa shape index (κ2) is 4.02. The van der Waals surface area contributed by atoms with Gasteiger partial charge in [0.25, 0.3) is 0 Å². The third-order valence-electron chi connectivity index (χ3n) is 3.50. The molecule has 0 spiro atoms. The fourth-order valence-electron chi connectivity index (χ4n) is 2.69. The Hall–Kier alpha value is -1.57. The minimum atomic E-state index is 1.05. The standard InChI is InChI=1S/C15H18N2/c1-10-7-11(2)14-13(8-10)9-12-5-3-4-6-16-15(12)17-14/h7-9H,3-6H2,1-2H3,(H,16,17). The minimum absolute atomic E-state index is 1.05. The fourth-order valence-corrected chi connectivity index (χ4v) is 2.69. The van der Waals surface area contributed by atoms with Crippen molar-refractivity contribution >= 4 is 16.7 Å². The van der Waals surface area contributed by atoms with Crippen LogP contribution in [0.3, 0.4) is 0 Å². The zero-order valence-electron chi connectivity index (χ0n) is 10.5. The van der Waals surface area contributed by atoms with E-state index in [0.29, 0.717) is 0 Å². The van der Waals surface area contributed by atoms with Crippen LogP contribution in [0.1, 0.15) is 29.5 Å². The Morgan fingerprint density at radius 2 is 2.00 bits per heavy atom. The lowest BCUT2D eigenvalue weighted by Gasteiger charge is -2.10. The quantitative estimate of drug-likeness (QED) is 0.742. The first-order valence-electron chi connectivity index (χ1n) is 6.39. The van der Waals surface area contributed by atoms with Crippen molar-refractivity contribution in [1.82, 2.24) is 4.98 Å². The lowest BCUT2D eigenvalue weighted by atomic mass is 10.0. The Labute approximate surface area is 102 Å². The van der Waals surface area contributed by atoms with Gasteiger partial charge in [-0.2, -0.15) is 0 Å². The molecule has 0 atom stereocenters. The van der Waals surface area contributed by atoms with Crippen molar-refractivity contribution in [2.45, 2.75) is 33.1 Å². The van der Waals surface area contributed by atoms with Crippen LogP contribution in [0.2, 0.25) is 0 Å². The Morgan fingerprint density at radius 3 is 2.88 bits per heavy atom. The van der Waals surface area contributed by atoms with E-state index in [1.165, 1.54) is 34.9 Å². The van der Waals surface area contributed by atoms with E-state index in [1.807, 2.05) is 0 Å². The van der Waals surface area contributed by atoms with Crippen LogP contribution in [0.15, 0.2) is 18.2 Å². The minimum Gasteiger partial charge on any atom is -0.370 e. The Bertz CT molecular complexity index is 573. The van der Waals surface area contributed by atoms with Gasteiger partial charge in [-0.3, -0.25) is 0 Å². The molecule has 2 heteroatoms. The van der Waals surface area contributed by atoms with E-state index >= 15 is 0 Å². The SMILES string of the molecule is Cc1cc(C)c2nc3c(cc2c1)CCCCN3. The van der Waals surface area contributed by atoms with Crippen molar-refractivity contribution in [3.8, 4) is 0 Å². The normalized spacial score (nSPS) is 15.2. The second-order valence-electron chi connectivity index (χ2n) is 5.03. The molecule has 1 N–H and O–H groups in total. The summed E-state index contributed by atoms with van der Waals surface area (Å²) in [4.78, 5) is 4.81. The number of hydrogen-bond donors (Lipinski definition) is 1. The first-order valence-corrected chi connectivity index (χ1v) is 6.39. The van der Waals surface area contributed by atoms with Crippen LogP contribution in [0.5, 0.6) is 0 Å². The Morgan fingerprint density at radius 1 is 1.12 bits per heavy atom. The molecule has 2 aromatic rings. The topological polar surface area (TPSA) is 24.9 Å². The van der Waals surface area contributed by atoms with Gasteiger partial charge in [-0.25, -0.2) is 4.98 Å². The van der Waals surface area contributed by atoms with Gasteiger partial charge in [0.1, 0.15) is 5.82 Å². The number of fused-ring (bicyclic) bond motifs is 2. The third-order valence-corrected chi connectivity index (χ3v) is 3.50. The molecule has 2 nitrogen and oxygen atoms in total. The molecular formula is C15H18N2. The van der Waals surface area contributed by atoms with Gasteiger partial charge in [0.15, 0.2) is 0 Å². The van der Waals surface area contributed by atoms with Gasteiger partial charge >= 0.3 is 0 Å². The molecule has 0 aliphatic carbocycles. The highest BCUT2D eigenvalue weighted by Crippen LogP contribution is 2.26. The molecule has 1 aliphatic heterocycles. The lowest BCUT2D eigenvalue weighted by Crippen LogP contribution is -2.02. The van der Waals surface area contributed by atoms with Gasteiger partial charge in [-0.15, -0.1) is 0 Å². The van der Waals surface area contributed by atoms with E-state index in [-0.39, 0.29) is 0 Å². The summed E-state index contributed by atoms with van der Waals surface area (Å²) in [6.45, 7) is 5.35. The molecule has 0 saturated carbocycles. The average molecular weight is 226 g/mol. The highest BCUT2D eigenvalue weighted by Gasteiger charge is 2.11. The molecule has 88 valence electrons. The largest absolute Gasteiger partial charge is 0.370 e. The van der Waals surface area contributed by atoms with Gasteiger partial charge in [-0.05, 0) is 56.4 Å². The molecule has 0 radical (unpaired) electrons. The maximum Gasteiger partial charge on any atom is 0.129 e. The molecule has 1 aromatic heterocycles. The molecule has 0 bridgehead atoms. The van der Waals surface area contributed by atoms with Crippen LogP contribution in [-0.4, -0.2) is 11.5 Å². The van der Waals surface area contributed by atoms with Crippen LogP contribution in [0.25, 0.3) is 10.9 Å².